The predicted octanol–water partition coefficient (Wildman–Crippen LogP) is 0.385. The lowest BCUT2D eigenvalue weighted by Crippen LogP contribution is -2.32. The molecule has 1 heterocycles. The van der Waals surface area contributed by atoms with E-state index in [1.54, 1.807) is 0 Å². The Morgan fingerprint density at radius 3 is 2.38 bits per heavy atom. The molecule has 13 heavy (non-hydrogen) atoms. The quantitative estimate of drug-likeness (QED) is 0.460. The number of rotatable bonds is 2. The third-order valence-electron chi connectivity index (χ3n) is 1.39. The second kappa shape index (κ2) is 3.88. The molecule has 2 amide bonds. The fraction of sp³-hybridized carbons (Fsp3) is 0.429. The molecule has 0 spiro atoms. The topological polar surface area (TPSA) is 72.9 Å². The van der Waals surface area contributed by atoms with Gasteiger partial charge in [0.05, 0.1) is 0 Å². The Kier molecular flexibility index (Phi) is 2.84. The van der Waals surface area contributed by atoms with Crippen LogP contribution in [0.1, 0.15) is 19.8 Å². The summed E-state index contributed by atoms with van der Waals surface area (Å²) in [6.45, 7) is 2.56. The van der Waals surface area contributed by atoms with Crippen molar-refractivity contribution in [3.05, 3.63) is 6.61 Å². The molecular weight excluding hydrogens is 178 g/mol. The van der Waals surface area contributed by atoms with Gasteiger partial charge in [-0.05, 0) is 6.92 Å². The number of amides is 2. The third-order valence-corrected chi connectivity index (χ3v) is 1.39. The number of nitrogens with zero attached hydrogens (tertiary/aromatic N) is 1. The van der Waals surface area contributed by atoms with E-state index >= 15 is 0 Å². The van der Waals surface area contributed by atoms with Crippen molar-refractivity contribution in [3.8, 4) is 0 Å². The van der Waals surface area contributed by atoms with Crippen LogP contribution in [0.2, 0.25) is 0 Å². The average Bonchev–Trinajstić information content (AvgIpc) is 2.36. The molecular formula is C7H8NO5. The molecule has 1 saturated heterocycles. The van der Waals surface area contributed by atoms with Crippen molar-refractivity contribution in [2.75, 3.05) is 0 Å². The number of hydrogen-bond donors (Lipinski definition) is 0. The Morgan fingerprint density at radius 2 is 1.92 bits per heavy atom. The summed E-state index contributed by atoms with van der Waals surface area (Å²) in [6.07, 6.45) is -0.949. The first-order valence-corrected chi connectivity index (χ1v) is 3.67. The molecule has 0 aliphatic carbocycles. The highest BCUT2D eigenvalue weighted by Crippen LogP contribution is 2.12. The van der Waals surface area contributed by atoms with Gasteiger partial charge in [-0.3, -0.25) is 14.4 Å². The molecule has 71 valence electrons. The number of hydroxylamine groups is 2. The Morgan fingerprint density at radius 1 is 1.38 bits per heavy atom. The summed E-state index contributed by atoms with van der Waals surface area (Å²) >= 11 is 0. The van der Waals surface area contributed by atoms with Gasteiger partial charge in [0.1, 0.15) is 6.61 Å². The third kappa shape index (κ3) is 2.17. The van der Waals surface area contributed by atoms with E-state index in [-0.39, 0.29) is 12.8 Å². The molecule has 1 aliphatic heterocycles. The molecule has 1 aliphatic rings. The van der Waals surface area contributed by atoms with E-state index in [1.807, 2.05) is 0 Å². The second-order valence-electron chi connectivity index (χ2n) is 2.28. The number of hydrogen-bond acceptors (Lipinski definition) is 5. The lowest BCUT2D eigenvalue weighted by molar-refractivity contribution is -0.176. The molecule has 0 bridgehead atoms. The van der Waals surface area contributed by atoms with Crippen molar-refractivity contribution >= 4 is 18.0 Å². The molecule has 6 nitrogen and oxygen atoms in total. The molecule has 0 aromatic heterocycles. The minimum absolute atomic E-state index is 0.0714. The highest BCUT2D eigenvalue weighted by Gasteiger charge is 2.33. The molecule has 1 rings (SSSR count). The Labute approximate surface area is 74.3 Å². The van der Waals surface area contributed by atoms with Crippen molar-refractivity contribution in [2.24, 2.45) is 0 Å². The van der Waals surface area contributed by atoms with Crippen LogP contribution in [0.15, 0.2) is 0 Å². The standard InChI is InChI=1S/C7H8NO5/c1-2-12-7(11)13-8-5(9)3-4-6(8)10/h2H,3-4H2,1H3. The molecule has 0 saturated carbocycles. The Bertz CT molecular complexity index is 233. The van der Waals surface area contributed by atoms with Crippen molar-refractivity contribution in [1.29, 1.82) is 0 Å². The van der Waals surface area contributed by atoms with Gasteiger partial charge in [-0.15, -0.1) is 0 Å². The fourth-order valence-electron chi connectivity index (χ4n) is 0.850. The van der Waals surface area contributed by atoms with Crippen LogP contribution in [0.3, 0.4) is 0 Å². The number of ether oxygens (including phenoxy) is 1. The first-order chi connectivity index (χ1) is 6.15. The van der Waals surface area contributed by atoms with Gasteiger partial charge in [-0.1, -0.05) is 5.06 Å². The molecule has 0 aromatic rings. The zero-order valence-electron chi connectivity index (χ0n) is 6.98. The van der Waals surface area contributed by atoms with Gasteiger partial charge in [0, 0.05) is 12.8 Å². The van der Waals surface area contributed by atoms with Crippen molar-refractivity contribution in [1.82, 2.24) is 5.06 Å². The van der Waals surface area contributed by atoms with Crippen LogP contribution in [0.25, 0.3) is 0 Å². The zero-order chi connectivity index (χ0) is 9.84. The predicted molar refractivity (Wildman–Crippen MR) is 38.6 cm³/mol. The van der Waals surface area contributed by atoms with E-state index < -0.39 is 18.0 Å². The highest BCUT2D eigenvalue weighted by molar-refractivity contribution is 6.01. The largest absolute Gasteiger partial charge is 0.534 e. The maximum absolute atomic E-state index is 10.9. The Balaban J connectivity index is 2.48. The van der Waals surface area contributed by atoms with Crippen LogP contribution in [0, 0.1) is 6.61 Å². The second-order valence-corrected chi connectivity index (χ2v) is 2.28. The molecule has 0 N–H and O–H groups in total. The van der Waals surface area contributed by atoms with Gasteiger partial charge in [-0.2, -0.15) is 0 Å². The zero-order valence-corrected chi connectivity index (χ0v) is 6.98. The summed E-state index contributed by atoms with van der Waals surface area (Å²) in [7, 11) is 0. The number of carbonyl (C=O) groups excluding carboxylic acids is 3. The van der Waals surface area contributed by atoms with Crippen LogP contribution < -0.4 is 0 Å². The first kappa shape index (κ1) is 9.50. The molecule has 1 radical (unpaired) electrons. The van der Waals surface area contributed by atoms with E-state index in [0.717, 1.165) is 6.61 Å². The lowest BCUT2D eigenvalue weighted by Gasteiger charge is -2.10. The van der Waals surface area contributed by atoms with Gasteiger partial charge in [0.25, 0.3) is 11.8 Å². The molecule has 0 aromatic carbocycles. The number of imide groups is 1. The SMILES string of the molecule is C[CH]OC(=O)ON1C(=O)CCC1=O. The summed E-state index contributed by atoms with van der Waals surface area (Å²) in [6, 6.07) is 0. The van der Waals surface area contributed by atoms with Crippen LogP contribution in [-0.2, 0) is 19.2 Å². The van der Waals surface area contributed by atoms with Crippen LogP contribution >= 0.6 is 0 Å². The van der Waals surface area contributed by atoms with Gasteiger partial charge in [-0.25, -0.2) is 4.79 Å². The molecule has 1 fully saturated rings. The first-order valence-electron chi connectivity index (χ1n) is 3.67. The van der Waals surface area contributed by atoms with Gasteiger partial charge >= 0.3 is 6.16 Å². The molecule has 0 unspecified atom stereocenters. The summed E-state index contributed by atoms with van der Waals surface area (Å²) in [5.41, 5.74) is 0. The van der Waals surface area contributed by atoms with E-state index in [0.29, 0.717) is 5.06 Å². The lowest BCUT2D eigenvalue weighted by atomic mass is 10.4. The summed E-state index contributed by atoms with van der Waals surface area (Å²) in [5, 5.41) is 0.422. The van der Waals surface area contributed by atoms with Gasteiger partial charge in [0.2, 0.25) is 0 Å². The fourth-order valence-corrected chi connectivity index (χ4v) is 0.850. The molecule has 6 heteroatoms. The van der Waals surface area contributed by atoms with Crippen LogP contribution in [0.4, 0.5) is 4.79 Å². The summed E-state index contributed by atoms with van der Waals surface area (Å²) < 4.78 is 4.27. The monoisotopic (exact) mass is 186 g/mol. The van der Waals surface area contributed by atoms with E-state index in [4.69, 9.17) is 0 Å². The Hall–Kier alpha value is -1.59. The van der Waals surface area contributed by atoms with Gasteiger partial charge < -0.3 is 4.74 Å². The maximum atomic E-state index is 10.9. The smallest absolute Gasteiger partial charge is 0.426 e. The van der Waals surface area contributed by atoms with Crippen LogP contribution in [-0.4, -0.2) is 23.0 Å². The van der Waals surface area contributed by atoms with Crippen molar-refractivity contribution in [2.45, 2.75) is 19.8 Å². The van der Waals surface area contributed by atoms with E-state index in [2.05, 4.69) is 9.57 Å². The summed E-state index contributed by atoms with van der Waals surface area (Å²) in [5.74, 6) is -1.06. The average molecular weight is 186 g/mol. The normalized spacial score (nSPS) is 16.2. The highest BCUT2D eigenvalue weighted by atomic mass is 16.8. The molecule has 0 atom stereocenters. The van der Waals surface area contributed by atoms with E-state index in [1.165, 1.54) is 6.92 Å². The minimum atomic E-state index is -1.09. The van der Waals surface area contributed by atoms with Crippen molar-refractivity contribution < 1.29 is 24.0 Å². The van der Waals surface area contributed by atoms with Crippen molar-refractivity contribution in [3.63, 3.8) is 0 Å². The minimum Gasteiger partial charge on any atom is -0.426 e. The van der Waals surface area contributed by atoms with Crippen LogP contribution in [0.5, 0.6) is 0 Å². The van der Waals surface area contributed by atoms with E-state index in [9.17, 15) is 14.4 Å². The maximum Gasteiger partial charge on any atom is 0.534 e. The number of carbonyl (C=O) groups is 3. The summed E-state index contributed by atoms with van der Waals surface area (Å²) in [4.78, 5) is 36.8. The van der Waals surface area contributed by atoms with Gasteiger partial charge in [0.15, 0.2) is 0 Å².